The van der Waals surface area contributed by atoms with Gasteiger partial charge < -0.3 is 10.3 Å². The number of thiazole rings is 1. The van der Waals surface area contributed by atoms with Crippen LogP contribution in [0, 0.1) is 0 Å². The van der Waals surface area contributed by atoms with Crippen molar-refractivity contribution in [3.63, 3.8) is 0 Å². The molecule has 0 atom stereocenters. The third-order valence-electron chi connectivity index (χ3n) is 3.72. The van der Waals surface area contributed by atoms with Crippen LogP contribution in [0.2, 0.25) is 10.0 Å². The molecule has 4 aromatic rings. The zero-order chi connectivity index (χ0) is 19.7. The summed E-state index contributed by atoms with van der Waals surface area (Å²) in [5.41, 5.74) is 1.97. The number of halogens is 2. The number of nitrogens with one attached hydrogen (secondary N) is 2. The number of imidazole rings is 1. The minimum atomic E-state index is -0.214. The Balaban J connectivity index is 1.86. The molecule has 0 fully saturated rings. The molecule has 0 saturated carbocycles. The molecule has 7 nitrogen and oxygen atoms in total. The maximum absolute atomic E-state index is 11.3. The number of nitrogens with zero attached hydrogens (tertiary/aromatic N) is 4. The van der Waals surface area contributed by atoms with E-state index in [-0.39, 0.29) is 5.91 Å². The van der Waals surface area contributed by atoms with Crippen LogP contribution < -0.4 is 5.32 Å². The summed E-state index contributed by atoms with van der Waals surface area (Å²) in [5.74, 6) is 0.855. The van der Waals surface area contributed by atoms with Gasteiger partial charge in [0, 0.05) is 36.0 Å². The predicted octanol–water partition coefficient (Wildman–Crippen LogP) is 4.92. The normalized spacial score (nSPS) is 10.8. The van der Waals surface area contributed by atoms with Crippen molar-refractivity contribution < 1.29 is 4.79 Å². The number of H-pyrrole nitrogens is 1. The van der Waals surface area contributed by atoms with Crippen molar-refractivity contribution in [2.24, 2.45) is 0 Å². The van der Waals surface area contributed by atoms with E-state index in [4.69, 9.17) is 28.2 Å². The molecule has 0 aliphatic heterocycles. The fourth-order valence-electron chi connectivity index (χ4n) is 2.57. The molecule has 0 saturated heterocycles. The number of anilines is 1. The van der Waals surface area contributed by atoms with E-state index >= 15 is 0 Å². The van der Waals surface area contributed by atoms with Gasteiger partial charge in [0.15, 0.2) is 0 Å². The summed E-state index contributed by atoms with van der Waals surface area (Å²) in [4.78, 5) is 32.6. The van der Waals surface area contributed by atoms with Gasteiger partial charge in [0.1, 0.15) is 28.7 Å². The van der Waals surface area contributed by atoms with Crippen LogP contribution >= 0.6 is 34.5 Å². The highest BCUT2D eigenvalue weighted by atomic mass is 35.5. The molecule has 3 heterocycles. The SMILES string of the molecule is CC(=O)Nc1cc(-c2nc(-c3ccc(Cl)cc3Cl)c(-c3ncc[nH]3)s2)ncn1. The average molecular weight is 431 g/mol. The van der Waals surface area contributed by atoms with Gasteiger partial charge in [-0.1, -0.05) is 23.2 Å². The molecule has 3 aromatic heterocycles. The summed E-state index contributed by atoms with van der Waals surface area (Å²) in [6.07, 6.45) is 4.78. The minimum absolute atomic E-state index is 0.214. The van der Waals surface area contributed by atoms with Gasteiger partial charge in [-0.15, -0.1) is 11.3 Å². The Morgan fingerprint density at radius 1 is 1.18 bits per heavy atom. The van der Waals surface area contributed by atoms with Gasteiger partial charge in [0.25, 0.3) is 0 Å². The molecule has 2 N–H and O–H groups in total. The molecule has 0 aliphatic carbocycles. The van der Waals surface area contributed by atoms with Crippen molar-refractivity contribution in [2.75, 3.05) is 5.32 Å². The van der Waals surface area contributed by atoms with E-state index in [0.717, 1.165) is 10.4 Å². The molecule has 140 valence electrons. The Bertz CT molecular complexity index is 1160. The Morgan fingerprint density at radius 2 is 2.04 bits per heavy atom. The summed E-state index contributed by atoms with van der Waals surface area (Å²) < 4.78 is 0. The highest BCUT2D eigenvalue weighted by Gasteiger charge is 2.20. The molecule has 0 radical (unpaired) electrons. The van der Waals surface area contributed by atoms with E-state index in [1.54, 1.807) is 30.6 Å². The average Bonchev–Trinajstić information content (AvgIpc) is 3.31. The highest BCUT2D eigenvalue weighted by molar-refractivity contribution is 7.18. The second-order valence-corrected chi connectivity index (χ2v) is 7.57. The lowest BCUT2D eigenvalue weighted by Gasteiger charge is -2.04. The van der Waals surface area contributed by atoms with Gasteiger partial charge in [0.2, 0.25) is 5.91 Å². The van der Waals surface area contributed by atoms with Crippen molar-refractivity contribution in [1.29, 1.82) is 0 Å². The maximum atomic E-state index is 11.3. The van der Waals surface area contributed by atoms with Crippen LogP contribution in [0.5, 0.6) is 0 Å². The van der Waals surface area contributed by atoms with Crippen molar-refractivity contribution in [3.8, 4) is 32.7 Å². The van der Waals surface area contributed by atoms with E-state index < -0.39 is 0 Å². The lowest BCUT2D eigenvalue weighted by molar-refractivity contribution is -0.114. The van der Waals surface area contributed by atoms with Crippen LogP contribution in [0.15, 0.2) is 43.0 Å². The topological polar surface area (TPSA) is 96.5 Å². The monoisotopic (exact) mass is 430 g/mol. The zero-order valence-corrected chi connectivity index (χ0v) is 16.7. The van der Waals surface area contributed by atoms with E-state index in [1.165, 1.54) is 24.6 Å². The number of carbonyl (C=O) groups excluding carboxylic acids is 1. The summed E-state index contributed by atoms with van der Waals surface area (Å²) in [6.45, 7) is 1.42. The first-order valence-electron chi connectivity index (χ1n) is 8.07. The van der Waals surface area contributed by atoms with E-state index in [0.29, 0.717) is 38.1 Å². The number of rotatable bonds is 4. The van der Waals surface area contributed by atoms with Gasteiger partial charge in [-0.3, -0.25) is 4.79 Å². The van der Waals surface area contributed by atoms with Crippen LogP contribution in [0.3, 0.4) is 0 Å². The summed E-state index contributed by atoms with van der Waals surface area (Å²) in [7, 11) is 0. The van der Waals surface area contributed by atoms with Crippen molar-refractivity contribution in [3.05, 3.63) is 53.0 Å². The van der Waals surface area contributed by atoms with Crippen molar-refractivity contribution in [1.82, 2.24) is 24.9 Å². The molecule has 28 heavy (non-hydrogen) atoms. The summed E-state index contributed by atoms with van der Waals surface area (Å²) in [5, 5.41) is 4.31. The second kappa shape index (κ2) is 7.67. The first-order chi connectivity index (χ1) is 13.5. The molecule has 0 unspecified atom stereocenters. The van der Waals surface area contributed by atoms with Crippen molar-refractivity contribution >= 4 is 46.3 Å². The van der Waals surface area contributed by atoms with Crippen LogP contribution in [0.4, 0.5) is 5.82 Å². The first kappa shape index (κ1) is 18.5. The van der Waals surface area contributed by atoms with Gasteiger partial charge in [0.05, 0.1) is 15.6 Å². The lowest BCUT2D eigenvalue weighted by Crippen LogP contribution is -2.07. The van der Waals surface area contributed by atoms with Crippen LogP contribution in [-0.2, 0) is 4.79 Å². The number of benzene rings is 1. The van der Waals surface area contributed by atoms with Crippen molar-refractivity contribution in [2.45, 2.75) is 6.92 Å². The fraction of sp³-hybridized carbons (Fsp3) is 0.0556. The smallest absolute Gasteiger partial charge is 0.222 e. The van der Waals surface area contributed by atoms with E-state index in [1.807, 2.05) is 6.07 Å². The maximum Gasteiger partial charge on any atom is 0.222 e. The van der Waals surface area contributed by atoms with Crippen LogP contribution in [-0.4, -0.2) is 30.8 Å². The largest absolute Gasteiger partial charge is 0.344 e. The van der Waals surface area contributed by atoms with Gasteiger partial charge in [-0.05, 0) is 18.2 Å². The van der Waals surface area contributed by atoms with Gasteiger partial charge in [-0.2, -0.15) is 0 Å². The number of aromatic amines is 1. The second-order valence-electron chi connectivity index (χ2n) is 5.73. The quantitative estimate of drug-likeness (QED) is 0.478. The summed E-state index contributed by atoms with van der Waals surface area (Å²) in [6, 6.07) is 6.91. The molecule has 1 aromatic carbocycles. The number of hydrogen-bond donors (Lipinski definition) is 2. The molecule has 0 spiro atoms. The molecule has 0 bridgehead atoms. The molecular weight excluding hydrogens is 419 g/mol. The molecule has 4 rings (SSSR count). The van der Waals surface area contributed by atoms with Crippen LogP contribution in [0.25, 0.3) is 32.7 Å². The highest BCUT2D eigenvalue weighted by Crippen LogP contribution is 2.41. The number of carbonyl (C=O) groups is 1. The Morgan fingerprint density at radius 3 is 2.75 bits per heavy atom. The molecule has 0 aliphatic rings. The lowest BCUT2D eigenvalue weighted by atomic mass is 10.1. The third kappa shape index (κ3) is 3.75. The van der Waals surface area contributed by atoms with Gasteiger partial charge >= 0.3 is 0 Å². The fourth-order valence-corrected chi connectivity index (χ4v) is 4.07. The summed E-state index contributed by atoms with van der Waals surface area (Å²) >= 11 is 13.8. The molecule has 10 heteroatoms. The Labute approximate surface area is 173 Å². The minimum Gasteiger partial charge on any atom is -0.344 e. The van der Waals surface area contributed by atoms with E-state index in [2.05, 4.69) is 25.3 Å². The molecule has 1 amide bonds. The van der Waals surface area contributed by atoms with Gasteiger partial charge in [-0.25, -0.2) is 19.9 Å². The number of hydrogen-bond acceptors (Lipinski definition) is 6. The van der Waals surface area contributed by atoms with E-state index in [9.17, 15) is 4.79 Å². The number of amides is 1. The number of aromatic nitrogens is 5. The first-order valence-corrected chi connectivity index (χ1v) is 9.64. The standard InChI is InChI=1S/C18H12Cl2N6OS/c1-9(27)25-14-7-13(23-8-24-14)18-26-15(11-3-2-10(19)6-12(11)20)16(28-18)17-21-4-5-22-17/h2-8H,1H3,(H,21,22)(H,23,24,25,27). The Hall–Kier alpha value is -2.81. The predicted molar refractivity (Wildman–Crippen MR) is 110 cm³/mol. The Kier molecular flexibility index (Phi) is 5.08. The zero-order valence-electron chi connectivity index (χ0n) is 14.4. The van der Waals surface area contributed by atoms with Crippen LogP contribution in [0.1, 0.15) is 6.92 Å². The molecular formula is C18H12Cl2N6OS. The third-order valence-corrected chi connectivity index (χ3v) is 5.35.